The molecule has 3 N–H and O–H groups in total. The first-order valence-corrected chi connectivity index (χ1v) is 11.3. The van der Waals surface area contributed by atoms with Crippen LogP contribution in [0.1, 0.15) is 11.1 Å². The summed E-state index contributed by atoms with van der Waals surface area (Å²) in [5.41, 5.74) is 7.31. The number of nitrogens with two attached hydrogens (primary N) is 1. The first-order valence-electron chi connectivity index (χ1n) is 9.89. The van der Waals surface area contributed by atoms with Crippen LogP contribution in [-0.2, 0) is 37.4 Å². The van der Waals surface area contributed by atoms with E-state index >= 15 is 0 Å². The van der Waals surface area contributed by atoms with Gasteiger partial charge in [-0.25, -0.2) is 12.8 Å². The van der Waals surface area contributed by atoms with Crippen molar-refractivity contribution in [2.45, 2.75) is 24.2 Å². The van der Waals surface area contributed by atoms with Crippen molar-refractivity contribution in [3.8, 4) is 0 Å². The van der Waals surface area contributed by atoms with Gasteiger partial charge >= 0.3 is 0 Å². The van der Waals surface area contributed by atoms with Gasteiger partial charge in [-0.05, 0) is 35.4 Å². The summed E-state index contributed by atoms with van der Waals surface area (Å²) in [5.74, 6) is -1.76. The Kier molecular flexibility index (Phi) is 7.56. The molecule has 2 aromatic rings. The second-order valence-electron chi connectivity index (χ2n) is 7.21. The van der Waals surface area contributed by atoms with Gasteiger partial charge in [0.15, 0.2) is 6.17 Å². The van der Waals surface area contributed by atoms with Gasteiger partial charge in [-0.1, -0.05) is 24.3 Å². The maximum atomic E-state index is 13.3. The number of amides is 2. The fourth-order valence-corrected chi connectivity index (χ4v) is 5.03. The molecular weight excluding hydrogens is 439 g/mol. The van der Waals surface area contributed by atoms with Crippen molar-refractivity contribution in [3.05, 3.63) is 65.5 Å². The molecule has 32 heavy (non-hydrogen) atoms. The minimum Gasteiger partial charge on any atom is -0.375 e. The van der Waals surface area contributed by atoms with E-state index in [0.717, 1.165) is 44.6 Å². The van der Waals surface area contributed by atoms with Gasteiger partial charge in [-0.15, -0.1) is 0 Å². The van der Waals surface area contributed by atoms with E-state index in [2.05, 4.69) is 5.32 Å². The van der Waals surface area contributed by atoms with Gasteiger partial charge in [0.2, 0.25) is 15.9 Å². The minimum atomic E-state index is -4.17. The van der Waals surface area contributed by atoms with Crippen LogP contribution in [0.2, 0.25) is 0 Å². The van der Waals surface area contributed by atoms with Gasteiger partial charge in [-0.3, -0.25) is 9.59 Å². The number of carbonyl (C=O) groups is 2. The predicted octanol–water partition coefficient (Wildman–Crippen LogP) is 0.406. The fraction of sp³-hybridized carbons (Fsp3) is 0.333. The van der Waals surface area contributed by atoms with Gasteiger partial charge in [0.1, 0.15) is 12.4 Å². The van der Waals surface area contributed by atoms with E-state index in [0.29, 0.717) is 6.54 Å². The summed E-state index contributed by atoms with van der Waals surface area (Å²) in [7, 11) is -2.84. The average Bonchev–Trinajstić information content (AvgIpc) is 3.24. The van der Waals surface area contributed by atoms with E-state index in [4.69, 9.17) is 10.5 Å². The van der Waals surface area contributed by atoms with Crippen molar-refractivity contribution in [1.29, 1.82) is 0 Å². The van der Waals surface area contributed by atoms with Gasteiger partial charge in [0, 0.05) is 33.3 Å². The Morgan fingerprint density at radius 2 is 1.84 bits per heavy atom. The molecule has 1 aliphatic rings. The molecule has 9 nitrogen and oxygen atoms in total. The molecule has 1 heterocycles. The number of hydrogen-bond donors (Lipinski definition) is 2. The largest absolute Gasteiger partial charge is 0.375 e. The third-order valence-corrected chi connectivity index (χ3v) is 6.93. The molecule has 2 amide bonds. The van der Waals surface area contributed by atoms with Gasteiger partial charge in [-0.2, -0.15) is 4.31 Å². The Hall–Kier alpha value is -2.86. The summed E-state index contributed by atoms with van der Waals surface area (Å²) >= 11 is 0. The molecule has 3 rings (SSSR count). The lowest BCUT2D eigenvalue weighted by Crippen LogP contribution is -2.54. The third kappa shape index (κ3) is 5.13. The lowest BCUT2D eigenvalue weighted by Gasteiger charge is -2.28. The van der Waals surface area contributed by atoms with Crippen molar-refractivity contribution in [1.82, 2.24) is 14.5 Å². The smallest absolute Gasteiger partial charge is 0.259 e. The molecule has 1 atom stereocenters. The summed E-state index contributed by atoms with van der Waals surface area (Å²) in [5, 5.41) is 2.70. The van der Waals surface area contributed by atoms with Crippen molar-refractivity contribution in [2.75, 3.05) is 26.8 Å². The monoisotopic (exact) mass is 464 g/mol. The number of rotatable bonds is 8. The summed E-state index contributed by atoms with van der Waals surface area (Å²) in [6.45, 7) is 0.0966. The van der Waals surface area contributed by atoms with Crippen molar-refractivity contribution < 1.29 is 27.1 Å². The molecule has 0 bridgehead atoms. The molecule has 1 unspecified atom stereocenters. The van der Waals surface area contributed by atoms with Crippen LogP contribution in [0.15, 0.2) is 53.4 Å². The SMILES string of the molecule is COCC(=O)N1CCN(S(=O)(=O)c2ccc(F)cc2)C1C(=O)NCc1cccc(CN)c1. The number of halogens is 1. The fourth-order valence-electron chi connectivity index (χ4n) is 3.49. The Bertz CT molecular complexity index is 1080. The topological polar surface area (TPSA) is 122 Å². The second kappa shape index (κ2) is 10.2. The zero-order valence-electron chi connectivity index (χ0n) is 17.5. The molecular formula is C21H25FN4O5S. The number of nitrogens with zero attached hydrogens (tertiary/aromatic N) is 2. The van der Waals surface area contributed by atoms with E-state index in [9.17, 15) is 22.4 Å². The summed E-state index contributed by atoms with van der Waals surface area (Å²) in [4.78, 5) is 26.6. The van der Waals surface area contributed by atoms with Crippen LogP contribution in [-0.4, -0.2) is 62.4 Å². The van der Waals surface area contributed by atoms with Crippen LogP contribution in [0.5, 0.6) is 0 Å². The van der Waals surface area contributed by atoms with Crippen molar-refractivity contribution in [3.63, 3.8) is 0 Å². The maximum absolute atomic E-state index is 13.3. The number of benzene rings is 2. The average molecular weight is 465 g/mol. The second-order valence-corrected chi connectivity index (χ2v) is 9.10. The molecule has 0 radical (unpaired) electrons. The number of sulfonamides is 1. The standard InChI is InChI=1S/C21H25FN4O5S/c1-31-14-19(27)25-9-10-26(32(29,30)18-7-5-17(22)6-8-18)21(25)20(28)24-13-16-4-2-3-15(11-16)12-23/h2-8,11,21H,9-10,12-14,23H2,1H3,(H,24,28). The van der Waals surface area contributed by atoms with Crippen molar-refractivity contribution >= 4 is 21.8 Å². The Morgan fingerprint density at radius 1 is 1.16 bits per heavy atom. The van der Waals surface area contributed by atoms with Crippen LogP contribution in [0.25, 0.3) is 0 Å². The van der Waals surface area contributed by atoms with E-state index in [1.807, 2.05) is 12.1 Å². The Labute approximate surface area is 186 Å². The molecule has 11 heteroatoms. The molecule has 1 fully saturated rings. The normalized spacial score (nSPS) is 16.8. The molecule has 0 spiro atoms. The van der Waals surface area contributed by atoms with Crippen LogP contribution in [0, 0.1) is 5.82 Å². The van der Waals surface area contributed by atoms with Gasteiger partial charge in [0.25, 0.3) is 5.91 Å². The lowest BCUT2D eigenvalue weighted by molar-refractivity contribution is -0.143. The van der Waals surface area contributed by atoms with Crippen LogP contribution < -0.4 is 11.1 Å². The van der Waals surface area contributed by atoms with Crippen LogP contribution in [0.4, 0.5) is 4.39 Å². The predicted molar refractivity (Wildman–Crippen MR) is 114 cm³/mol. The minimum absolute atomic E-state index is 0.0172. The highest BCUT2D eigenvalue weighted by atomic mass is 32.2. The lowest BCUT2D eigenvalue weighted by atomic mass is 10.1. The van der Waals surface area contributed by atoms with Crippen molar-refractivity contribution in [2.24, 2.45) is 5.73 Å². The van der Waals surface area contributed by atoms with E-state index < -0.39 is 33.8 Å². The summed E-state index contributed by atoms with van der Waals surface area (Å²) < 4.78 is 45.5. The molecule has 172 valence electrons. The first kappa shape index (κ1) is 23.8. The highest BCUT2D eigenvalue weighted by Crippen LogP contribution is 2.25. The number of nitrogens with one attached hydrogen (secondary N) is 1. The number of hydrogen-bond acceptors (Lipinski definition) is 6. The molecule has 0 saturated carbocycles. The molecule has 1 aliphatic heterocycles. The molecule has 0 aliphatic carbocycles. The van der Waals surface area contributed by atoms with Gasteiger partial charge < -0.3 is 20.7 Å². The zero-order valence-corrected chi connectivity index (χ0v) is 18.3. The highest BCUT2D eigenvalue weighted by Gasteiger charge is 2.46. The third-order valence-electron chi connectivity index (χ3n) is 5.07. The first-order chi connectivity index (χ1) is 15.3. The Morgan fingerprint density at radius 3 is 2.50 bits per heavy atom. The highest BCUT2D eigenvalue weighted by molar-refractivity contribution is 7.89. The molecule has 0 aromatic heterocycles. The molecule has 2 aromatic carbocycles. The van der Waals surface area contributed by atoms with Crippen LogP contribution >= 0.6 is 0 Å². The van der Waals surface area contributed by atoms with E-state index in [1.54, 1.807) is 12.1 Å². The van der Waals surface area contributed by atoms with E-state index in [1.165, 1.54) is 7.11 Å². The maximum Gasteiger partial charge on any atom is 0.259 e. The number of carbonyl (C=O) groups excluding carboxylic acids is 2. The summed E-state index contributed by atoms with van der Waals surface area (Å²) in [6.07, 6.45) is -1.40. The van der Waals surface area contributed by atoms with Gasteiger partial charge in [0.05, 0.1) is 4.90 Å². The Balaban J connectivity index is 1.87. The number of ether oxygens (including phenoxy) is 1. The number of methoxy groups -OCH3 is 1. The molecule has 1 saturated heterocycles. The summed E-state index contributed by atoms with van der Waals surface area (Å²) in [6, 6.07) is 11.6. The zero-order chi connectivity index (χ0) is 23.3. The van der Waals surface area contributed by atoms with E-state index in [-0.39, 0.29) is 31.1 Å². The van der Waals surface area contributed by atoms with Crippen LogP contribution in [0.3, 0.4) is 0 Å². The quantitative estimate of drug-likeness (QED) is 0.584.